The fourth-order valence-electron chi connectivity index (χ4n) is 4.47. The minimum absolute atomic E-state index is 0.00532. The number of benzene rings is 1. The Balaban J connectivity index is 1.43. The molecule has 3 heterocycles. The number of hydrogen-bond acceptors (Lipinski definition) is 4. The zero-order chi connectivity index (χ0) is 26.6. The lowest BCUT2D eigenvalue weighted by atomic mass is 10.1. The van der Waals surface area contributed by atoms with Gasteiger partial charge in [-0.05, 0) is 51.8 Å². The maximum absolute atomic E-state index is 13.8. The number of aromatic nitrogens is 5. The van der Waals surface area contributed by atoms with Gasteiger partial charge in [-0.3, -0.25) is 9.48 Å². The van der Waals surface area contributed by atoms with Crippen LogP contribution < -0.4 is 5.32 Å². The Hall–Kier alpha value is -3.11. The number of pyridine rings is 1. The summed E-state index contributed by atoms with van der Waals surface area (Å²) in [6.07, 6.45) is -2.96. The number of carbonyl (C=O) groups is 1. The summed E-state index contributed by atoms with van der Waals surface area (Å²) in [5, 5.41) is 12.5. The summed E-state index contributed by atoms with van der Waals surface area (Å²) in [5.41, 5.74) is 2.29. The highest BCUT2D eigenvalue weighted by Gasteiger charge is 2.37. The van der Waals surface area contributed by atoms with Gasteiger partial charge in [0, 0.05) is 27.2 Å². The molecule has 5 rings (SSSR count). The Labute approximate surface area is 220 Å². The molecule has 12 heteroatoms. The van der Waals surface area contributed by atoms with Gasteiger partial charge in [0.05, 0.1) is 40.3 Å². The maximum atomic E-state index is 13.8. The van der Waals surface area contributed by atoms with Gasteiger partial charge in [0.2, 0.25) is 5.91 Å². The molecule has 1 aliphatic carbocycles. The molecule has 194 valence electrons. The van der Waals surface area contributed by atoms with Crippen molar-refractivity contribution in [1.82, 2.24) is 24.5 Å². The molecule has 1 aliphatic rings. The van der Waals surface area contributed by atoms with Crippen molar-refractivity contribution in [3.05, 3.63) is 68.2 Å². The lowest BCUT2D eigenvalue weighted by Gasteiger charge is -2.12. The zero-order valence-electron chi connectivity index (χ0n) is 20.2. The Bertz CT molecular complexity index is 1520. The van der Waals surface area contributed by atoms with Gasteiger partial charge in [0.1, 0.15) is 6.54 Å². The second-order valence-corrected chi connectivity index (χ2v) is 10.1. The third kappa shape index (κ3) is 4.92. The summed E-state index contributed by atoms with van der Waals surface area (Å²) in [5.74, 6) is -0.455. The highest BCUT2D eigenvalue weighted by Crippen LogP contribution is 2.43. The van der Waals surface area contributed by atoms with Gasteiger partial charge >= 0.3 is 6.18 Å². The molecule has 1 aromatic carbocycles. The molecule has 1 N–H and O–H groups in total. The number of rotatable bonds is 6. The number of alkyl halides is 3. The quantitative estimate of drug-likeness (QED) is 0.299. The number of carbonyl (C=O) groups excluding carboxylic acids is 1. The van der Waals surface area contributed by atoms with E-state index in [0.29, 0.717) is 44.9 Å². The molecule has 4 aromatic rings. The molecule has 0 radical (unpaired) electrons. The number of halogens is 5. The molecule has 0 spiro atoms. The van der Waals surface area contributed by atoms with E-state index in [0.717, 1.165) is 18.9 Å². The molecule has 0 atom stereocenters. The van der Waals surface area contributed by atoms with Crippen LogP contribution in [-0.4, -0.2) is 30.5 Å². The third-order valence-corrected chi connectivity index (χ3v) is 7.22. The van der Waals surface area contributed by atoms with Gasteiger partial charge in [-0.25, -0.2) is 9.67 Å². The van der Waals surface area contributed by atoms with Gasteiger partial charge < -0.3 is 5.32 Å². The summed E-state index contributed by atoms with van der Waals surface area (Å²) in [4.78, 5) is 17.5. The average molecular weight is 551 g/mol. The van der Waals surface area contributed by atoms with Crippen molar-refractivity contribution in [2.75, 3.05) is 5.32 Å². The Kier molecular flexibility index (Phi) is 6.44. The van der Waals surface area contributed by atoms with Crippen LogP contribution >= 0.6 is 23.2 Å². The van der Waals surface area contributed by atoms with E-state index in [1.807, 2.05) is 0 Å². The summed E-state index contributed by atoms with van der Waals surface area (Å²) < 4.78 is 44.5. The molecular weight excluding hydrogens is 528 g/mol. The van der Waals surface area contributed by atoms with E-state index in [9.17, 15) is 18.0 Å². The van der Waals surface area contributed by atoms with Gasteiger partial charge in [-0.15, -0.1) is 0 Å². The van der Waals surface area contributed by atoms with Crippen LogP contribution in [0.3, 0.4) is 0 Å². The average Bonchev–Trinajstić information content (AvgIpc) is 3.58. The van der Waals surface area contributed by atoms with Crippen LogP contribution in [0.1, 0.15) is 52.7 Å². The first kappa shape index (κ1) is 25.5. The van der Waals surface area contributed by atoms with Crippen LogP contribution in [0.4, 0.5) is 18.9 Å². The molecular formula is C25H23Cl2F3N6O. The predicted molar refractivity (Wildman–Crippen MR) is 135 cm³/mol. The number of nitrogens with zero attached hydrogens (tertiary/aromatic N) is 5. The Morgan fingerprint density at radius 1 is 1.08 bits per heavy atom. The highest BCUT2D eigenvalue weighted by molar-refractivity contribution is 6.36. The smallest absolute Gasteiger partial charge is 0.321 e. The van der Waals surface area contributed by atoms with Crippen molar-refractivity contribution in [1.29, 1.82) is 0 Å². The number of anilines is 1. The Morgan fingerprint density at radius 2 is 1.73 bits per heavy atom. The van der Waals surface area contributed by atoms with E-state index in [1.165, 1.54) is 11.6 Å². The molecule has 1 saturated carbocycles. The van der Waals surface area contributed by atoms with Crippen LogP contribution in [-0.2, 0) is 24.1 Å². The summed E-state index contributed by atoms with van der Waals surface area (Å²) in [6, 6.07) is 6.34. The minimum Gasteiger partial charge on any atom is -0.321 e. The van der Waals surface area contributed by atoms with Crippen LogP contribution in [0, 0.1) is 20.8 Å². The van der Waals surface area contributed by atoms with E-state index < -0.39 is 17.6 Å². The van der Waals surface area contributed by atoms with Gasteiger partial charge in [0.15, 0.2) is 5.65 Å². The molecule has 0 bridgehead atoms. The first-order valence-corrected chi connectivity index (χ1v) is 12.4. The topological polar surface area (TPSA) is 77.6 Å². The van der Waals surface area contributed by atoms with Gasteiger partial charge in [0.25, 0.3) is 0 Å². The number of fused-ring (bicyclic) bond motifs is 1. The van der Waals surface area contributed by atoms with Crippen LogP contribution in [0.2, 0.25) is 10.0 Å². The Morgan fingerprint density at radius 3 is 2.35 bits per heavy atom. The maximum Gasteiger partial charge on any atom is 0.417 e. The van der Waals surface area contributed by atoms with E-state index >= 15 is 0 Å². The van der Waals surface area contributed by atoms with Crippen molar-refractivity contribution >= 4 is 45.8 Å². The van der Waals surface area contributed by atoms with E-state index in [-0.39, 0.29) is 29.2 Å². The summed E-state index contributed by atoms with van der Waals surface area (Å²) in [6.45, 7) is 5.04. The second-order valence-electron chi connectivity index (χ2n) is 9.26. The van der Waals surface area contributed by atoms with E-state index in [4.69, 9.17) is 23.2 Å². The van der Waals surface area contributed by atoms with Crippen molar-refractivity contribution in [3.8, 4) is 0 Å². The van der Waals surface area contributed by atoms with Crippen LogP contribution in [0.15, 0.2) is 24.3 Å². The molecule has 0 aliphatic heterocycles. The van der Waals surface area contributed by atoms with Crippen molar-refractivity contribution in [3.63, 3.8) is 0 Å². The number of hydrogen-bond donors (Lipinski definition) is 1. The summed E-state index contributed by atoms with van der Waals surface area (Å²) in [7, 11) is 0. The van der Waals surface area contributed by atoms with Crippen molar-refractivity contribution in [2.45, 2.75) is 58.8 Å². The van der Waals surface area contributed by atoms with E-state index in [1.54, 1.807) is 36.7 Å². The fourth-order valence-corrected chi connectivity index (χ4v) is 4.99. The molecule has 0 unspecified atom stereocenters. The van der Waals surface area contributed by atoms with Gasteiger partial charge in [-0.2, -0.15) is 23.4 Å². The number of amides is 1. The zero-order valence-corrected chi connectivity index (χ0v) is 21.8. The molecule has 1 fully saturated rings. The third-order valence-electron chi connectivity index (χ3n) is 6.51. The molecule has 37 heavy (non-hydrogen) atoms. The lowest BCUT2D eigenvalue weighted by Crippen LogP contribution is -2.21. The molecule has 3 aromatic heterocycles. The first-order valence-electron chi connectivity index (χ1n) is 11.7. The fraction of sp³-hybridized carbons (Fsp3) is 0.360. The molecule has 1 amide bonds. The van der Waals surface area contributed by atoms with Crippen molar-refractivity contribution in [2.24, 2.45) is 0 Å². The van der Waals surface area contributed by atoms with Crippen molar-refractivity contribution < 1.29 is 18.0 Å². The highest BCUT2D eigenvalue weighted by atomic mass is 35.5. The number of nitrogens with one attached hydrogen (secondary N) is 1. The monoisotopic (exact) mass is 550 g/mol. The lowest BCUT2D eigenvalue weighted by molar-refractivity contribution is -0.136. The molecule has 7 nitrogen and oxygen atoms in total. The normalized spacial score (nSPS) is 13.9. The van der Waals surface area contributed by atoms with Crippen LogP contribution in [0.5, 0.6) is 0 Å². The standard InChI is InChI=1S/C25H23Cl2F3N6O/c1-12-22-17(25(28,29)30)9-20(15-7-8-15)31-24(22)36(33-12)11-21(37)32-23-13(2)34-35(14(23)3)10-16-18(26)5-4-6-19(16)27/h4-6,9,15H,7-8,10-11H2,1-3H3,(H,32,37). The van der Waals surface area contributed by atoms with Gasteiger partial charge in [-0.1, -0.05) is 29.3 Å². The SMILES string of the molecule is Cc1nn(Cc2c(Cl)cccc2Cl)c(C)c1NC(=O)Cn1nc(C)c2c(C(F)(F)F)cc(C3CC3)nc21. The van der Waals surface area contributed by atoms with E-state index in [2.05, 4.69) is 20.5 Å². The summed E-state index contributed by atoms with van der Waals surface area (Å²) >= 11 is 12.6. The largest absolute Gasteiger partial charge is 0.417 e. The predicted octanol–water partition coefficient (Wildman–Crippen LogP) is 6.44. The van der Waals surface area contributed by atoms with Crippen LogP contribution in [0.25, 0.3) is 11.0 Å². The first-order chi connectivity index (χ1) is 17.4. The minimum atomic E-state index is -4.56. The molecule has 0 saturated heterocycles. The number of aryl methyl sites for hydroxylation is 2. The second kappa shape index (κ2) is 9.33.